The van der Waals surface area contributed by atoms with Gasteiger partial charge in [-0.2, -0.15) is 4.31 Å². The van der Waals surface area contributed by atoms with Gasteiger partial charge in [0.15, 0.2) is 0 Å². The third kappa shape index (κ3) is 6.21. The molecule has 1 aliphatic heterocycles. The molecule has 2 fully saturated rings. The molecule has 3 N–H and O–H groups in total. The van der Waals surface area contributed by atoms with Crippen LogP contribution in [-0.2, 0) is 26.0 Å². The summed E-state index contributed by atoms with van der Waals surface area (Å²) >= 11 is 0. The molecular weight excluding hydrogens is 512 g/mol. The average Bonchev–Trinajstić information content (AvgIpc) is 3.43. The van der Waals surface area contributed by atoms with Gasteiger partial charge in [-0.15, -0.1) is 0 Å². The Morgan fingerprint density at radius 2 is 1.82 bits per heavy atom. The normalized spacial score (nSPS) is 23.2. The standard InChI is InChI=1S/C30H40N4O4S/c1-20-10-13-25(14-11-20)39(37,38)34-17-16-31-30(36)28(34)19-29(35)33-27-9-5-6-23-18-22(12-15-26(23)27)21(2)32-24-7-3-4-8-24/h10-15,18,21,24,27-28,32H,3-9,16-17,19H2,1-2H3,(H,31,36)(H,33,35)/t21-,27+,28+/m0/s1. The predicted octanol–water partition coefficient (Wildman–Crippen LogP) is 3.66. The van der Waals surface area contributed by atoms with E-state index in [1.807, 2.05) is 6.92 Å². The molecule has 8 nitrogen and oxygen atoms in total. The van der Waals surface area contributed by atoms with Crippen molar-refractivity contribution in [2.24, 2.45) is 0 Å². The molecular formula is C30H40N4O4S. The first-order valence-corrected chi connectivity index (χ1v) is 15.7. The van der Waals surface area contributed by atoms with Crippen molar-refractivity contribution in [3.8, 4) is 0 Å². The number of benzene rings is 2. The van der Waals surface area contributed by atoms with E-state index in [0.717, 1.165) is 30.4 Å². The van der Waals surface area contributed by atoms with Crippen molar-refractivity contribution in [3.05, 3.63) is 64.7 Å². The second kappa shape index (κ2) is 11.8. The lowest BCUT2D eigenvalue weighted by Crippen LogP contribution is -2.58. The molecule has 1 saturated heterocycles. The van der Waals surface area contributed by atoms with Crippen LogP contribution in [0, 0.1) is 6.92 Å². The van der Waals surface area contributed by atoms with Crippen LogP contribution in [0.2, 0.25) is 0 Å². The summed E-state index contributed by atoms with van der Waals surface area (Å²) in [6.07, 6.45) is 7.61. The van der Waals surface area contributed by atoms with Crippen LogP contribution < -0.4 is 16.0 Å². The van der Waals surface area contributed by atoms with Gasteiger partial charge in [0.2, 0.25) is 21.8 Å². The Labute approximate surface area is 232 Å². The summed E-state index contributed by atoms with van der Waals surface area (Å²) in [6, 6.07) is 12.7. The van der Waals surface area contributed by atoms with Crippen molar-refractivity contribution in [3.63, 3.8) is 0 Å². The van der Waals surface area contributed by atoms with Gasteiger partial charge in [-0.05, 0) is 74.8 Å². The van der Waals surface area contributed by atoms with Gasteiger partial charge in [0.1, 0.15) is 6.04 Å². The van der Waals surface area contributed by atoms with Crippen molar-refractivity contribution in [1.29, 1.82) is 0 Å². The summed E-state index contributed by atoms with van der Waals surface area (Å²) in [4.78, 5) is 26.1. The van der Waals surface area contributed by atoms with Crippen LogP contribution in [0.15, 0.2) is 47.4 Å². The van der Waals surface area contributed by atoms with Crippen LogP contribution in [0.4, 0.5) is 0 Å². The summed E-state index contributed by atoms with van der Waals surface area (Å²) < 4.78 is 28.0. The molecule has 2 aromatic rings. The minimum atomic E-state index is -3.92. The summed E-state index contributed by atoms with van der Waals surface area (Å²) in [6.45, 7) is 4.44. The minimum Gasteiger partial charge on any atom is -0.353 e. The van der Waals surface area contributed by atoms with Gasteiger partial charge < -0.3 is 16.0 Å². The second-order valence-electron chi connectivity index (χ2n) is 11.3. The number of nitrogens with one attached hydrogen (secondary N) is 3. The van der Waals surface area contributed by atoms with Crippen LogP contribution in [-0.4, -0.2) is 49.7 Å². The summed E-state index contributed by atoms with van der Waals surface area (Å²) in [7, 11) is -3.92. The highest BCUT2D eigenvalue weighted by Crippen LogP contribution is 2.33. The fraction of sp³-hybridized carbons (Fsp3) is 0.533. The lowest BCUT2D eigenvalue weighted by Gasteiger charge is -2.34. The number of hydrogen-bond donors (Lipinski definition) is 3. The van der Waals surface area contributed by atoms with Crippen LogP contribution >= 0.6 is 0 Å². The van der Waals surface area contributed by atoms with E-state index in [-0.39, 0.29) is 42.4 Å². The van der Waals surface area contributed by atoms with E-state index in [1.165, 1.54) is 41.1 Å². The summed E-state index contributed by atoms with van der Waals surface area (Å²) in [5.74, 6) is -0.760. The number of rotatable bonds is 8. The predicted molar refractivity (Wildman–Crippen MR) is 151 cm³/mol. The number of amides is 2. The van der Waals surface area contributed by atoms with Crippen molar-refractivity contribution in [2.75, 3.05) is 13.1 Å². The zero-order chi connectivity index (χ0) is 27.6. The van der Waals surface area contributed by atoms with Gasteiger partial charge >= 0.3 is 0 Å². The SMILES string of the molecule is Cc1ccc(S(=O)(=O)N2CCNC(=O)[C@H]2CC(=O)N[C@@H]2CCCc3cc([C@H](C)NC4CCCC4)ccc32)cc1. The topological polar surface area (TPSA) is 108 Å². The molecule has 39 heavy (non-hydrogen) atoms. The van der Waals surface area contributed by atoms with E-state index < -0.39 is 22.0 Å². The van der Waals surface area contributed by atoms with Gasteiger partial charge in [0.25, 0.3) is 0 Å². The average molecular weight is 553 g/mol. The van der Waals surface area contributed by atoms with Crippen molar-refractivity contribution >= 4 is 21.8 Å². The van der Waals surface area contributed by atoms with Gasteiger partial charge in [-0.1, -0.05) is 48.7 Å². The zero-order valence-electron chi connectivity index (χ0n) is 22.9. The number of carbonyl (C=O) groups is 2. The number of fused-ring (bicyclic) bond motifs is 1. The van der Waals surface area contributed by atoms with E-state index in [9.17, 15) is 18.0 Å². The lowest BCUT2D eigenvalue weighted by molar-refractivity contribution is -0.132. The maximum atomic E-state index is 13.4. The van der Waals surface area contributed by atoms with Crippen molar-refractivity contribution in [2.45, 2.75) is 94.3 Å². The maximum absolute atomic E-state index is 13.4. The first-order chi connectivity index (χ1) is 18.7. The monoisotopic (exact) mass is 552 g/mol. The number of aryl methyl sites for hydroxylation is 2. The first kappa shape index (κ1) is 27.8. The highest BCUT2D eigenvalue weighted by Gasteiger charge is 2.40. The molecule has 0 unspecified atom stereocenters. The molecule has 0 radical (unpaired) electrons. The zero-order valence-corrected chi connectivity index (χ0v) is 23.7. The Morgan fingerprint density at radius 1 is 1.08 bits per heavy atom. The van der Waals surface area contributed by atoms with E-state index in [1.54, 1.807) is 24.3 Å². The molecule has 0 spiro atoms. The Kier molecular flexibility index (Phi) is 8.40. The maximum Gasteiger partial charge on any atom is 0.243 e. The van der Waals surface area contributed by atoms with Crippen LogP contribution in [0.25, 0.3) is 0 Å². The Morgan fingerprint density at radius 3 is 2.56 bits per heavy atom. The molecule has 1 saturated carbocycles. The quantitative estimate of drug-likeness (QED) is 0.463. The fourth-order valence-corrected chi connectivity index (χ4v) is 7.83. The van der Waals surface area contributed by atoms with Gasteiger partial charge in [0, 0.05) is 25.2 Å². The Balaban J connectivity index is 1.27. The molecule has 210 valence electrons. The number of sulfonamides is 1. The minimum absolute atomic E-state index is 0.127. The largest absolute Gasteiger partial charge is 0.353 e. The van der Waals surface area contributed by atoms with E-state index in [2.05, 4.69) is 41.1 Å². The first-order valence-electron chi connectivity index (χ1n) is 14.3. The highest BCUT2D eigenvalue weighted by atomic mass is 32.2. The molecule has 3 atom stereocenters. The lowest BCUT2D eigenvalue weighted by atomic mass is 9.85. The number of nitrogens with zero attached hydrogens (tertiary/aromatic N) is 1. The third-order valence-electron chi connectivity index (χ3n) is 8.45. The number of carbonyl (C=O) groups excluding carboxylic acids is 2. The molecule has 2 amide bonds. The van der Waals surface area contributed by atoms with Crippen LogP contribution in [0.1, 0.15) is 86.2 Å². The Bertz CT molecular complexity index is 1300. The second-order valence-corrected chi connectivity index (χ2v) is 13.2. The molecule has 3 aliphatic rings. The number of hydrogen-bond acceptors (Lipinski definition) is 5. The molecule has 0 bridgehead atoms. The molecule has 2 aromatic carbocycles. The molecule has 2 aliphatic carbocycles. The summed E-state index contributed by atoms with van der Waals surface area (Å²) in [5.41, 5.74) is 4.58. The summed E-state index contributed by atoms with van der Waals surface area (Å²) in [5, 5.41) is 9.61. The molecule has 5 rings (SSSR count). The highest BCUT2D eigenvalue weighted by molar-refractivity contribution is 7.89. The van der Waals surface area contributed by atoms with E-state index in [0.29, 0.717) is 6.04 Å². The van der Waals surface area contributed by atoms with Crippen molar-refractivity contribution < 1.29 is 18.0 Å². The number of piperazine rings is 1. The Hall–Kier alpha value is -2.75. The fourth-order valence-electron chi connectivity index (χ4n) is 6.25. The van der Waals surface area contributed by atoms with E-state index >= 15 is 0 Å². The smallest absolute Gasteiger partial charge is 0.243 e. The molecule has 1 heterocycles. The third-order valence-corrected chi connectivity index (χ3v) is 10.4. The van der Waals surface area contributed by atoms with Gasteiger partial charge in [0.05, 0.1) is 17.4 Å². The molecule has 9 heteroatoms. The van der Waals surface area contributed by atoms with Crippen molar-refractivity contribution in [1.82, 2.24) is 20.3 Å². The van der Waals surface area contributed by atoms with Crippen LogP contribution in [0.3, 0.4) is 0 Å². The van der Waals surface area contributed by atoms with Gasteiger partial charge in [-0.25, -0.2) is 8.42 Å². The molecule has 0 aromatic heterocycles. The van der Waals surface area contributed by atoms with Crippen LogP contribution in [0.5, 0.6) is 0 Å². The van der Waals surface area contributed by atoms with Gasteiger partial charge in [-0.3, -0.25) is 9.59 Å². The van der Waals surface area contributed by atoms with E-state index in [4.69, 9.17) is 0 Å².